The quantitative estimate of drug-likeness (QED) is 0.730. The minimum Gasteiger partial charge on any atom is -0.387 e. The van der Waals surface area contributed by atoms with E-state index >= 15 is 0 Å². The molecule has 0 aliphatic carbocycles. The molecule has 27 heavy (non-hydrogen) atoms. The minimum absolute atomic E-state index is 0.302. The molecular weight excluding hydrogens is 400 g/mol. The zero-order valence-corrected chi connectivity index (χ0v) is 18.5. The lowest BCUT2D eigenvalue weighted by atomic mass is 9.87. The van der Waals surface area contributed by atoms with Crippen molar-refractivity contribution in [2.24, 2.45) is 5.92 Å². The van der Waals surface area contributed by atoms with Gasteiger partial charge in [-0.25, -0.2) is 0 Å². The maximum atomic E-state index is 11.0. The van der Waals surface area contributed by atoms with Gasteiger partial charge in [0.1, 0.15) is 0 Å². The summed E-state index contributed by atoms with van der Waals surface area (Å²) in [5.41, 5.74) is 7.47. The fourth-order valence-corrected chi connectivity index (χ4v) is 4.56. The number of nitrogens with zero attached hydrogens (tertiary/aromatic N) is 2. The van der Waals surface area contributed by atoms with Crippen molar-refractivity contribution in [3.8, 4) is 0 Å². The lowest BCUT2D eigenvalue weighted by Crippen LogP contribution is -2.33. The normalized spacial score (nSPS) is 17.3. The molecule has 146 valence electrons. The van der Waals surface area contributed by atoms with Crippen LogP contribution >= 0.6 is 15.9 Å². The van der Waals surface area contributed by atoms with Crippen molar-refractivity contribution in [1.29, 1.82) is 0 Å². The van der Waals surface area contributed by atoms with Gasteiger partial charge in [-0.1, -0.05) is 17.7 Å². The summed E-state index contributed by atoms with van der Waals surface area (Å²) in [7, 11) is 2.15. The Morgan fingerprint density at radius 3 is 2.48 bits per heavy atom. The minimum atomic E-state index is -0.470. The third-order valence-electron chi connectivity index (χ3n) is 6.04. The predicted octanol–water partition coefficient (Wildman–Crippen LogP) is 4.93. The molecule has 0 bridgehead atoms. The first-order chi connectivity index (χ1) is 12.8. The maximum Gasteiger partial charge on any atom is 0.0991 e. The first-order valence-corrected chi connectivity index (χ1v) is 10.7. The van der Waals surface area contributed by atoms with Crippen LogP contribution < -0.4 is 0 Å². The number of pyridine rings is 1. The van der Waals surface area contributed by atoms with E-state index < -0.39 is 6.10 Å². The summed E-state index contributed by atoms with van der Waals surface area (Å²) in [5.74, 6) is 0.302. The van der Waals surface area contributed by atoms with Gasteiger partial charge in [0.2, 0.25) is 0 Å². The largest absolute Gasteiger partial charge is 0.387 e. The van der Waals surface area contributed by atoms with E-state index in [1.807, 2.05) is 6.20 Å². The standard InChI is InChI=1S/C23H31BrN2O/c1-15-11-16(2)17(3)19(12-15)5-6-20-13-21(24)14-25-22(20)23(27)18-7-9-26(4)10-8-18/h11-14,18,23,27H,5-10H2,1-4H3. The molecule has 2 heterocycles. The number of aliphatic hydroxyl groups excluding tert-OH is 1. The lowest BCUT2D eigenvalue weighted by molar-refractivity contribution is 0.0619. The summed E-state index contributed by atoms with van der Waals surface area (Å²) in [6, 6.07) is 6.67. The topological polar surface area (TPSA) is 36.4 Å². The average molecular weight is 431 g/mol. The molecule has 1 unspecified atom stereocenters. The molecule has 1 fully saturated rings. The van der Waals surface area contributed by atoms with Crippen LogP contribution in [0.15, 0.2) is 28.9 Å². The highest BCUT2D eigenvalue weighted by Gasteiger charge is 2.27. The molecule has 0 spiro atoms. The smallest absolute Gasteiger partial charge is 0.0991 e. The molecule has 2 aromatic rings. The van der Waals surface area contributed by atoms with Crippen LogP contribution in [0.4, 0.5) is 0 Å². The van der Waals surface area contributed by atoms with E-state index in [0.717, 1.165) is 54.5 Å². The van der Waals surface area contributed by atoms with Crippen molar-refractivity contribution in [1.82, 2.24) is 9.88 Å². The van der Waals surface area contributed by atoms with Crippen molar-refractivity contribution in [2.75, 3.05) is 20.1 Å². The number of rotatable bonds is 5. The summed E-state index contributed by atoms with van der Waals surface area (Å²) < 4.78 is 0.981. The van der Waals surface area contributed by atoms with Gasteiger partial charge in [-0.15, -0.1) is 0 Å². The van der Waals surface area contributed by atoms with Crippen LogP contribution in [0.25, 0.3) is 0 Å². The summed E-state index contributed by atoms with van der Waals surface area (Å²) >= 11 is 3.56. The van der Waals surface area contributed by atoms with Gasteiger partial charge in [0.15, 0.2) is 0 Å². The van der Waals surface area contributed by atoms with E-state index in [1.165, 1.54) is 22.3 Å². The second-order valence-electron chi connectivity index (χ2n) is 8.15. The molecule has 1 atom stereocenters. The second kappa shape index (κ2) is 8.85. The second-order valence-corrected chi connectivity index (χ2v) is 9.07. The van der Waals surface area contributed by atoms with Crippen molar-refractivity contribution in [3.05, 3.63) is 62.4 Å². The molecule has 3 nitrogen and oxygen atoms in total. The van der Waals surface area contributed by atoms with Crippen LogP contribution in [0.5, 0.6) is 0 Å². The van der Waals surface area contributed by atoms with E-state index in [4.69, 9.17) is 0 Å². The Morgan fingerprint density at radius 1 is 1.11 bits per heavy atom. The van der Waals surface area contributed by atoms with Crippen LogP contribution in [0.2, 0.25) is 0 Å². The van der Waals surface area contributed by atoms with Crippen molar-refractivity contribution in [2.45, 2.75) is 52.6 Å². The highest BCUT2D eigenvalue weighted by Crippen LogP contribution is 2.32. The van der Waals surface area contributed by atoms with Crippen molar-refractivity contribution >= 4 is 15.9 Å². The van der Waals surface area contributed by atoms with E-state index in [2.05, 4.69) is 71.8 Å². The SMILES string of the molecule is Cc1cc(C)c(C)c(CCc2cc(Br)cnc2C(O)C2CCN(C)CC2)c1. The number of benzene rings is 1. The molecule has 1 aromatic carbocycles. The Balaban J connectivity index is 1.80. The Kier molecular flexibility index (Phi) is 6.72. The number of likely N-dealkylation sites (tertiary alicyclic amines) is 1. The van der Waals surface area contributed by atoms with E-state index in [-0.39, 0.29) is 0 Å². The van der Waals surface area contributed by atoms with Crippen LogP contribution in [-0.4, -0.2) is 35.1 Å². The molecular formula is C23H31BrN2O. The number of halogens is 1. The monoisotopic (exact) mass is 430 g/mol. The number of hydrogen-bond donors (Lipinski definition) is 1. The van der Waals surface area contributed by atoms with Gasteiger partial charge < -0.3 is 10.0 Å². The predicted molar refractivity (Wildman–Crippen MR) is 115 cm³/mol. The Hall–Kier alpha value is -1.23. The summed E-state index contributed by atoms with van der Waals surface area (Å²) in [6.45, 7) is 8.65. The molecule has 1 N–H and O–H groups in total. The van der Waals surface area contributed by atoms with Crippen LogP contribution in [0, 0.1) is 26.7 Å². The van der Waals surface area contributed by atoms with Gasteiger partial charge in [-0.05, 0) is 117 Å². The number of aliphatic hydroxyl groups is 1. The Labute approximate surface area is 172 Å². The van der Waals surface area contributed by atoms with E-state index in [0.29, 0.717) is 5.92 Å². The molecule has 3 rings (SSSR count). The van der Waals surface area contributed by atoms with Gasteiger partial charge in [0, 0.05) is 10.7 Å². The molecule has 0 amide bonds. The van der Waals surface area contributed by atoms with Crippen molar-refractivity contribution < 1.29 is 5.11 Å². The fourth-order valence-electron chi connectivity index (χ4n) is 4.18. The Morgan fingerprint density at radius 2 is 1.78 bits per heavy atom. The van der Waals surface area contributed by atoms with Crippen LogP contribution in [-0.2, 0) is 12.8 Å². The number of aromatic nitrogens is 1. The lowest BCUT2D eigenvalue weighted by Gasteiger charge is -2.32. The van der Waals surface area contributed by atoms with Gasteiger partial charge in [0.05, 0.1) is 11.8 Å². The molecule has 1 aliphatic rings. The average Bonchev–Trinajstić information content (AvgIpc) is 2.63. The molecule has 1 aliphatic heterocycles. The summed E-state index contributed by atoms with van der Waals surface area (Å²) in [6.07, 6.45) is 5.28. The molecule has 0 saturated carbocycles. The van der Waals surface area contributed by atoms with E-state index in [1.54, 1.807) is 0 Å². The third-order valence-corrected chi connectivity index (χ3v) is 6.47. The molecule has 0 radical (unpaired) electrons. The van der Waals surface area contributed by atoms with Crippen LogP contribution in [0.3, 0.4) is 0 Å². The van der Waals surface area contributed by atoms with Gasteiger partial charge >= 0.3 is 0 Å². The highest BCUT2D eigenvalue weighted by molar-refractivity contribution is 9.10. The Bertz CT molecular complexity index is 797. The first-order valence-electron chi connectivity index (χ1n) is 9.92. The number of aryl methyl sites for hydroxylation is 4. The maximum absolute atomic E-state index is 11.0. The number of hydrogen-bond acceptors (Lipinski definition) is 3. The number of piperidine rings is 1. The third kappa shape index (κ3) is 4.98. The summed E-state index contributed by atoms with van der Waals surface area (Å²) in [5, 5.41) is 11.0. The van der Waals surface area contributed by atoms with E-state index in [9.17, 15) is 5.11 Å². The molecule has 4 heteroatoms. The molecule has 1 saturated heterocycles. The first kappa shape index (κ1) is 20.5. The summed E-state index contributed by atoms with van der Waals surface area (Å²) in [4.78, 5) is 6.97. The zero-order chi connectivity index (χ0) is 19.6. The fraction of sp³-hybridized carbons (Fsp3) is 0.522. The van der Waals surface area contributed by atoms with Crippen molar-refractivity contribution in [3.63, 3.8) is 0 Å². The molecule has 1 aromatic heterocycles. The van der Waals surface area contributed by atoms with Crippen LogP contribution in [0.1, 0.15) is 52.5 Å². The zero-order valence-electron chi connectivity index (χ0n) is 16.9. The van der Waals surface area contributed by atoms with Gasteiger partial charge in [-0.2, -0.15) is 0 Å². The van der Waals surface area contributed by atoms with Gasteiger partial charge in [-0.3, -0.25) is 4.98 Å². The van der Waals surface area contributed by atoms with Gasteiger partial charge in [0.25, 0.3) is 0 Å². The highest BCUT2D eigenvalue weighted by atomic mass is 79.9.